The molecule has 7 nitrogen and oxygen atoms in total. The first kappa shape index (κ1) is 17.8. The number of nitrogen functional groups attached to an aromatic ring is 1. The summed E-state index contributed by atoms with van der Waals surface area (Å²) in [5.41, 5.74) is 7.17. The maximum Gasteiger partial charge on any atom is 0.260 e. The summed E-state index contributed by atoms with van der Waals surface area (Å²) in [5.74, 6) is 0.0319. The first-order chi connectivity index (χ1) is 12.6. The molecular weight excluding hydrogens is 334 g/mol. The van der Waals surface area contributed by atoms with E-state index in [0.717, 1.165) is 0 Å². The van der Waals surface area contributed by atoms with Gasteiger partial charge in [-0.25, -0.2) is 0 Å². The smallest absolute Gasteiger partial charge is 0.260 e. The molecule has 1 aliphatic heterocycles. The fraction of sp³-hybridized carbons (Fsp3) is 0.263. The molecule has 136 valence electrons. The van der Waals surface area contributed by atoms with E-state index in [9.17, 15) is 9.59 Å². The molecule has 3 N–H and O–H groups in total. The van der Waals surface area contributed by atoms with Gasteiger partial charge in [0.2, 0.25) is 0 Å². The summed E-state index contributed by atoms with van der Waals surface area (Å²) in [5, 5.41) is 2.79. The van der Waals surface area contributed by atoms with Crippen molar-refractivity contribution in [3.8, 4) is 5.75 Å². The summed E-state index contributed by atoms with van der Waals surface area (Å²) in [6.07, 6.45) is 0. The van der Waals surface area contributed by atoms with Gasteiger partial charge in [-0.15, -0.1) is 0 Å². The normalized spacial score (nSPS) is 13.9. The van der Waals surface area contributed by atoms with Crippen LogP contribution in [0.5, 0.6) is 5.75 Å². The van der Waals surface area contributed by atoms with Crippen molar-refractivity contribution in [2.24, 2.45) is 0 Å². The fourth-order valence-electron chi connectivity index (χ4n) is 2.61. The van der Waals surface area contributed by atoms with Crippen LogP contribution in [0.2, 0.25) is 0 Å². The van der Waals surface area contributed by atoms with Crippen molar-refractivity contribution in [2.75, 3.05) is 44.0 Å². The van der Waals surface area contributed by atoms with Gasteiger partial charge in [-0.1, -0.05) is 18.2 Å². The van der Waals surface area contributed by atoms with Crippen LogP contribution in [0, 0.1) is 0 Å². The lowest BCUT2D eigenvalue weighted by molar-refractivity contribution is -0.137. The molecular formula is C19H21N3O4. The van der Waals surface area contributed by atoms with Crippen LogP contribution in [0.1, 0.15) is 10.4 Å². The Balaban J connectivity index is 1.64. The third kappa shape index (κ3) is 4.52. The van der Waals surface area contributed by atoms with Crippen LogP contribution in [-0.2, 0) is 9.53 Å². The number of carbonyl (C=O) groups is 2. The average Bonchev–Trinajstić information content (AvgIpc) is 2.67. The molecule has 1 fully saturated rings. The predicted molar refractivity (Wildman–Crippen MR) is 98.1 cm³/mol. The van der Waals surface area contributed by atoms with Crippen molar-refractivity contribution in [3.05, 3.63) is 54.1 Å². The van der Waals surface area contributed by atoms with Crippen LogP contribution in [0.3, 0.4) is 0 Å². The summed E-state index contributed by atoms with van der Waals surface area (Å²) in [4.78, 5) is 26.3. The number of para-hydroxylation sites is 2. The van der Waals surface area contributed by atoms with Crippen LogP contribution in [-0.4, -0.2) is 49.6 Å². The second-order valence-electron chi connectivity index (χ2n) is 5.86. The number of nitrogens with zero attached hydrogens (tertiary/aromatic N) is 1. The van der Waals surface area contributed by atoms with Crippen LogP contribution < -0.4 is 15.8 Å². The van der Waals surface area contributed by atoms with Gasteiger partial charge in [0.15, 0.2) is 6.61 Å². The van der Waals surface area contributed by atoms with Gasteiger partial charge in [0, 0.05) is 24.3 Å². The zero-order valence-corrected chi connectivity index (χ0v) is 14.3. The monoisotopic (exact) mass is 355 g/mol. The van der Waals surface area contributed by atoms with E-state index in [0.29, 0.717) is 49.0 Å². The van der Waals surface area contributed by atoms with Gasteiger partial charge >= 0.3 is 0 Å². The standard InChI is InChI=1S/C19H21N3O4/c20-15-5-3-4-14(12-15)19(24)21-16-6-1-2-7-17(16)26-13-18(23)22-8-10-25-11-9-22/h1-7,12H,8-11,13,20H2,(H,21,24). The van der Waals surface area contributed by atoms with Crippen molar-refractivity contribution in [1.29, 1.82) is 0 Å². The second-order valence-corrected chi connectivity index (χ2v) is 5.86. The first-order valence-corrected chi connectivity index (χ1v) is 8.38. The van der Waals surface area contributed by atoms with Crippen molar-refractivity contribution >= 4 is 23.2 Å². The van der Waals surface area contributed by atoms with Crippen molar-refractivity contribution < 1.29 is 19.1 Å². The zero-order chi connectivity index (χ0) is 18.4. The summed E-state index contributed by atoms with van der Waals surface area (Å²) in [7, 11) is 0. The van der Waals surface area contributed by atoms with Gasteiger partial charge < -0.3 is 25.4 Å². The highest BCUT2D eigenvalue weighted by Crippen LogP contribution is 2.24. The number of nitrogens with one attached hydrogen (secondary N) is 1. The number of hydrogen-bond acceptors (Lipinski definition) is 5. The molecule has 2 aromatic carbocycles. The quantitative estimate of drug-likeness (QED) is 0.797. The molecule has 0 saturated carbocycles. The first-order valence-electron chi connectivity index (χ1n) is 8.38. The maximum atomic E-state index is 12.4. The third-order valence-corrected chi connectivity index (χ3v) is 4.00. The molecule has 26 heavy (non-hydrogen) atoms. The van der Waals surface area contributed by atoms with Gasteiger partial charge in [-0.05, 0) is 30.3 Å². The van der Waals surface area contributed by atoms with Gasteiger partial charge in [0.05, 0.1) is 18.9 Å². The van der Waals surface area contributed by atoms with Crippen LogP contribution in [0.15, 0.2) is 48.5 Å². The number of carbonyl (C=O) groups excluding carboxylic acids is 2. The highest BCUT2D eigenvalue weighted by Gasteiger charge is 2.18. The predicted octanol–water partition coefficient (Wildman–Crippen LogP) is 1.76. The lowest BCUT2D eigenvalue weighted by Crippen LogP contribution is -2.43. The average molecular weight is 355 g/mol. The molecule has 0 aromatic heterocycles. The van der Waals surface area contributed by atoms with E-state index in [1.165, 1.54) is 0 Å². The molecule has 0 bridgehead atoms. The number of ether oxygens (including phenoxy) is 2. The molecule has 1 saturated heterocycles. The molecule has 0 spiro atoms. The lowest BCUT2D eigenvalue weighted by atomic mass is 10.2. The number of rotatable bonds is 5. The fourth-order valence-corrected chi connectivity index (χ4v) is 2.61. The molecule has 0 unspecified atom stereocenters. The molecule has 2 amide bonds. The number of nitrogens with two attached hydrogens (primary N) is 1. The van der Waals surface area contributed by atoms with Crippen molar-refractivity contribution in [3.63, 3.8) is 0 Å². The van der Waals surface area contributed by atoms with E-state index in [4.69, 9.17) is 15.2 Å². The molecule has 1 heterocycles. The highest BCUT2D eigenvalue weighted by atomic mass is 16.5. The Morgan fingerprint density at radius 1 is 1.12 bits per heavy atom. The summed E-state index contributed by atoms with van der Waals surface area (Å²) < 4.78 is 10.9. The van der Waals surface area contributed by atoms with Gasteiger partial charge in [-0.2, -0.15) is 0 Å². The number of benzene rings is 2. The van der Waals surface area contributed by atoms with Gasteiger partial charge in [0.25, 0.3) is 11.8 Å². The maximum absolute atomic E-state index is 12.4. The number of amides is 2. The minimum atomic E-state index is -0.298. The second kappa shape index (κ2) is 8.35. The van der Waals surface area contributed by atoms with E-state index in [1.807, 2.05) is 0 Å². The van der Waals surface area contributed by atoms with Gasteiger partial charge in [0.1, 0.15) is 5.75 Å². The summed E-state index contributed by atoms with van der Waals surface area (Å²) in [6, 6.07) is 13.7. The van der Waals surface area contributed by atoms with E-state index in [-0.39, 0.29) is 18.4 Å². The molecule has 1 aliphatic rings. The zero-order valence-electron chi connectivity index (χ0n) is 14.3. The Hall–Kier alpha value is -3.06. The topological polar surface area (TPSA) is 93.9 Å². The minimum Gasteiger partial charge on any atom is -0.482 e. The molecule has 3 rings (SSSR count). The number of hydrogen-bond donors (Lipinski definition) is 2. The number of morpholine rings is 1. The van der Waals surface area contributed by atoms with Crippen molar-refractivity contribution in [2.45, 2.75) is 0 Å². The largest absolute Gasteiger partial charge is 0.482 e. The lowest BCUT2D eigenvalue weighted by Gasteiger charge is -2.26. The number of anilines is 2. The Kier molecular flexibility index (Phi) is 5.70. The molecule has 7 heteroatoms. The van der Waals surface area contributed by atoms with E-state index >= 15 is 0 Å². The van der Waals surface area contributed by atoms with E-state index < -0.39 is 0 Å². The Morgan fingerprint density at radius 2 is 1.88 bits per heavy atom. The minimum absolute atomic E-state index is 0.0921. The van der Waals surface area contributed by atoms with Crippen LogP contribution >= 0.6 is 0 Å². The van der Waals surface area contributed by atoms with Crippen LogP contribution in [0.25, 0.3) is 0 Å². The summed E-state index contributed by atoms with van der Waals surface area (Å²) in [6.45, 7) is 2.12. The third-order valence-electron chi connectivity index (χ3n) is 4.00. The van der Waals surface area contributed by atoms with E-state index in [1.54, 1.807) is 53.4 Å². The Labute approximate surface area is 151 Å². The molecule has 0 aliphatic carbocycles. The molecule has 0 atom stereocenters. The highest BCUT2D eigenvalue weighted by molar-refractivity contribution is 6.05. The molecule has 2 aromatic rings. The van der Waals surface area contributed by atoms with Crippen molar-refractivity contribution in [1.82, 2.24) is 4.90 Å². The summed E-state index contributed by atoms with van der Waals surface area (Å²) >= 11 is 0. The van der Waals surface area contributed by atoms with Gasteiger partial charge in [-0.3, -0.25) is 9.59 Å². The Morgan fingerprint density at radius 3 is 2.65 bits per heavy atom. The van der Waals surface area contributed by atoms with E-state index in [2.05, 4.69) is 5.32 Å². The SMILES string of the molecule is Nc1cccc(C(=O)Nc2ccccc2OCC(=O)N2CCOCC2)c1. The Bertz CT molecular complexity index is 788. The van der Waals surface area contributed by atoms with Crippen LogP contribution in [0.4, 0.5) is 11.4 Å². The molecule has 0 radical (unpaired) electrons.